The molecule has 0 saturated carbocycles. The largest absolute Gasteiger partial charge is 0.364 e. The number of aromatic nitrogens is 2. The molecule has 1 N–H and O–H groups in total. The maximum atomic E-state index is 12.8. The van der Waals surface area contributed by atoms with Gasteiger partial charge in [-0.15, -0.1) is 11.8 Å². The molecule has 0 amide bonds. The Labute approximate surface area is 142 Å². The Hall–Kier alpha value is -2.24. The van der Waals surface area contributed by atoms with Crippen molar-refractivity contribution < 1.29 is 4.79 Å². The Kier molecular flexibility index (Phi) is 3.59. The van der Waals surface area contributed by atoms with Gasteiger partial charge in [0.05, 0.1) is 5.52 Å². The van der Waals surface area contributed by atoms with Crippen LogP contribution >= 0.6 is 23.4 Å². The van der Waals surface area contributed by atoms with Gasteiger partial charge in [-0.3, -0.25) is 14.3 Å². The zero-order valence-electron chi connectivity index (χ0n) is 11.9. The predicted molar refractivity (Wildman–Crippen MR) is 93.4 cm³/mol. The highest BCUT2D eigenvalue weighted by atomic mass is 35.5. The SMILES string of the molecule is O=C(C1=CSC(c2cccnc2)N1)n1ccc2c(Cl)cccc21. The normalized spacial score (nSPS) is 17.1. The molecule has 1 unspecified atom stereocenters. The van der Waals surface area contributed by atoms with Crippen molar-refractivity contribution in [2.24, 2.45) is 0 Å². The second kappa shape index (κ2) is 5.76. The Morgan fingerprint density at radius 3 is 3.00 bits per heavy atom. The number of hydrogen-bond acceptors (Lipinski definition) is 4. The maximum absolute atomic E-state index is 12.8. The van der Waals surface area contributed by atoms with Gasteiger partial charge in [0, 0.05) is 40.0 Å². The van der Waals surface area contributed by atoms with E-state index in [4.69, 9.17) is 11.6 Å². The molecular formula is C17H12ClN3OS. The number of allylic oxidation sites excluding steroid dienone is 1. The quantitative estimate of drug-likeness (QED) is 0.758. The number of thioether (sulfide) groups is 1. The van der Waals surface area contributed by atoms with E-state index < -0.39 is 0 Å². The van der Waals surface area contributed by atoms with Crippen LogP contribution in [-0.2, 0) is 0 Å². The van der Waals surface area contributed by atoms with Gasteiger partial charge in [0.15, 0.2) is 0 Å². The molecule has 0 radical (unpaired) electrons. The molecule has 0 bridgehead atoms. The molecule has 1 aliphatic rings. The molecule has 3 aromatic rings. The summed E-state index contributed by atoms with van der Waals surface area (Å²) in [6.45, 7) is 0. The standard InChI is InChI=1S/C17H12ClN3OS/c18-13-4-1-5-15-12(13)6-8-21(15)17(22)14-10-23-16(20-14)11-3-2-7-19-9-11/h1-10,16,20H. The van der Waals surface area contributed by atoms with Gasteiger partial charge in [-0.25, -0.2) is 0 Å². The average Bonchev–Trinajstić information content (AvgIpc) is 3.23. The number of benzene rings is 1. The molecule has 23 heavy (non-hydrogen) atoms. The van der Waals surface area contributed by atoms with Crippen molar-refractivity contribution in [3.05, 3.63) is 76.7 Å². The lowest BCUT2D eigenvalue weighted by molar-refractivity contribution is 0.0952. The minimum atomic E-state index is -0.0962. The van der Waals surface area contributed by atoms with Crippen LogP contribution in [0.25, 0.3) is 10.9 Å². The average molecular weight is 342 g/mol. The molecular weight excluding hydrogens is 330 g/mol. The van der Waals surface area contributed by atoms with Gasteiger partial charge < -0.3 is 5.32 Å². The first-order chi connectivity index (χ1) is 11.2. The molecule has 0 aliphatic carbocycles. The summed E-state index contributed by atoms with van der Waals surface area (Å²) >= 11 is 7.74. The molecule has 0 spiro atoms. The summed E-state index contributed by atoms with van der Waals surface area (Å²) in [5, 5.41) is 6.64. The van der Waals surface area contributed by atoms with E-state index in [2.05, 4.69) is 10.3 Å². The molecule has 6 heteroatoms. The molecule has 1 aromatic carbocycles. The molecule has 2 aromatic heterocycles. The van der Waals surface area contributed by atoms with Gasteiger partial charge in [0.2, 0.25) is 0 Å². The first-order valence-electron chi connectivity index (χ1n) is 7.06. The molecule has 1 aliphatic heterocycles. The lowest BCUT2D eigenvalue weighted by Crippen LogP contribution is -2.23. The van der Waals surface area contributed by atoms with Gasteiger partial charge in [-0.1, -0.05) is 23.7 Å². The molecule has 0 saturated heterocycles. The molecule has 1 atom stereocenters. The second-order valence-corrected chi connectivity index (χ2v) is 6.53. The van der Waals surface area contributed by atoms with E-state index in [1.165, 1.54) is 0 Å². The minimum absolute atomic E-state index is 0.00747. The third-order valence-electron chi connectivity index (χ3n) is 3.72. The molecule has 3 heterocycles. The van der Waals surface area contributed by atoms with Gasteiger partial charge >= 0.3 is 0 Å². The van der Waals surface area contributed by atoms with Crippen LogP contribution in [0, 0.1) is 0 Å². The highest BCUT2D eigenvalue weighted by Gasteiger charge is 2.24. The molecule has 0 fully saturated rings. The van der Waals surface area contributed by atoms with E-state index in [9.17, 15) is 4.79 Å². The van der Waals surface area contributed by atoms with Crippen molar-refractivity contribution >= 4 is 40.2 Å². The summed E-state index contributed by atoms with van der Waals surface area (Å²) in [7, 11) is 0. The number of nitrogens with zero attached hydrogens (tertiary/aromatic N) is 2. The van der Waals surface area contributed by atoms with Crippen molar-refractivity contribution in [2.45, 2.75) is 5.37 Å². The Bertz CT molecular complexity index is 920. The molecule has 4 nitrogen and oxygen atoms in total. The van der Waals surface area contributed by atoms with Crippen molar-refractivity contribution in [3.63, 3.8) is 0 Å². The summed E-state index contributed by atoms with van der Waals surface area (Å²) in [6.07, 6.45) is 5.29. The van der Waals surface area contributed by atoms with Crippen molar-refractivity contribution in [1.29, 1.82) is 0 Å². The third-order valence-corrected chi connectivity index (χ3v) is 5.09. The third kappa shape index (κ3) is 2.52. The first-order valence-corrected chi connectivity index (χ1v) is 8.38. The van der Waals surface area contributed by atoms with Crippen LogP contribution in [0.3, 0.4) is 0 Å². The number of hydrogen-bond donors (Lipinski definition) is 1. The zero-order chi connectivity index (χ0) is 15.8. The summed E-state index contributed by atoms with van der Waals surface area (Å²) in [4.78, 5) is 16.9. The van der Waals surface area contributed by atoms with Gasteiger partial charge in [-0.05, 0) is 24.3 Å². The molecule has 114 valence electrons. The van der Waals surface area contributed by atoms with Crippen LogP contribution in [0.15, 0.2) is 66.1 Å². The predicted octanol–water partition coefficient (Wildman–Crippen LogP) is 4.21. The van der Waals surface area contributed by atoms with Crippen LogP contribution in [0.5, 0.6) is 0 Å². The summed E-state index contributed by atoms with van der Waals surface area (Å²) in [6, 6.07) is 11.3. The van der Waals surface area contributed by atoms with Crippen LogP contribution in [0.2, 0.25) is 5.02 Å². The summed E-state index contributed by atoms with van der Waals surface area (Å²) < 4.78 is 1.62. The van der Waals surface area contributed by atoms with E-state index in [1.807, 2.05) is 41.8 Å². The summed E-state index contributed by atoms with van der Waals surface area (Å²) in [5.74, 6) is -0.0962. The van der Waals surface area contributed by atoms with Crippen molar-refractivity contribution in [2.75, 3.05) is 0 Å². The number of carbonyl (C=O) groups is 1. The van der Waals surface area contributed by atoms with E-state index in [-0.39, 0.29) is 11.3 Å². The maximum Gasteiger partial charge on any atom is 0.279 e. The number of fused-ring (bicyclic) bond motifs is 1. The van der Waals surface area contributed by atoms with Crippen molar-refractivity contribution in [1.82, 2.24) is 14.9 Å². The second-order valence-electron chi connectivity index (χ2n) is 5.14. The lowest BCUT2D eigenvalue weighted by atomic mass is 10.2. The Morgan fingerprint density at radius 1 is 1.26 bits per heavy atom. The fraction of sp³-hybridized carbons (Fsp3) is 0.0588. The van der Waals surface area contributed by atoms with E-state index in [0.717, 1.165) is 16.5 Å². The fourth-order valence-corrected chi connectivity index (χ4v) is 3.75. The lowest BCUT2D eigenvalue weighted by Gasteiger charge is -2.12. The topological polar surface area (TPSA) is 46.9 Å². The van der Waals surface area contributed by atoms with Gasteiger partial charge in [0.1, 0.15) is 11.1 Å². The Balaban J connectivity index is 1.61. The van der Waals surface area contributed by atoms with Gasteiger partial charge in [-0.2, -0.15) is 0 Å². The van der Waals surface area contributed by atoms with Crippen LogP contribution in [-0.4, -0.2) is 15.5 Å². The number of nitrogens with one attached hydrogen (secondary N) is 1. The Morgan fingerprint density at radius 2 is 2.17 bits per heavy atom. The van der Waals surface area contributed by atoms with Crippen molar-refractivity contribution in [3.8, 4) is 0 Å². The van der Waals surface area contributed by atoms with E-state index in [1.54, 1.807) is 34.9 Å². The monoisotopic (exact) mass is 341 g/mol. The van der Waals surface area contributed by atoms with Crippen LogP contribution < -0.4 is 5.32 Å². The van der Waals surface area contributed by atoms with E-state index >= 15 is 0 Å². The number of rotatable bonds is 2. The number of carbonyl (C=O) groups excluding carboxylic acids is 1. The molecule has 4 rings (SSSR count). The fourth-order valence-electron chi connectivity index (χ4n) is 2.59. The number of halogens is 1. The summed E-state index contributed by atoms with van der Waals surface area (Å²) in [5.41, 5.74) is 2.42. The van der Waals surface area contributed by atoms with Crippen LogP contribution in [0.1, 0.15) is 15.7 Å². The minimum Gasteiger partial charge on any atom is -0.364 e. The highest BCUT2D eigenvalue weighted by Crippen LogP contribution is 2.34. The first kappa shape index (κ1) is 14.4. The smallest absolute Gasteiger partial charge is 0.279 e. The zero-order valence-corrected chi connectivity index (χ0v) is 13.5. The van der Waals surface area contributed by atoms with E-state index in [0.29, 0.717) is 10.7 Å². The van der Waals surface area contributed by atoms with Gasteiger partial charge in [0.25, 0.3) is 5.91 Å². The highest BCUT2D eigenvalue weighted by molar-refractivity contribution is 8.02. The van der Waals surface area contributed by atoms with Crippen LogP contribution in [0.4, 0.5) is 0 Å². The number of pyridine rings is 1.